The van der Waals surface area contributed by atoms with Crippen LogP contribution in [0.15, 0.2) is 18.2 Å². The molecule has 17 heavy (non-hydrogen) atoms. The fraction of sp³-hybridized carbons (Fsp3) is 0.417. The van der Waals surface area contributed by atoms with Crippen LogP contribution in [-0.4, -0.2) is 19.0 Å². The molecule has 0 unspecified atom stereocenters. The van der Waals surface area contributed by atoms with Gasteiger partial charge in [0, 0.05) is 0 Å². The third-order valence-corrected chi connectivity index (χ3v) is 4.14. The summed E-state index contributed by atoms with van der Waals surface area (Å²) < 4.78 is 0. The van der Waals surface area contributed by atoms with E-state index in [-0.39, 0.29) is 5.91 Å². The monoisotopic (exact) mass is 272 g/mol. The second-order valence-electron chi connectivity index (χ2n) is 4.33. The molecule has 1 amide bonds. The van der Waals surface area contributed by atoms with E-state index in [0.717, 1.165) is 18.7 Å². The first kappa shape index (κ1) is 12.7. The van der Waals surface area contributed by atoms with Crippen LogP contribution in [0.5, 0.6) is 0 Å². The molecule has 1 fully saturated rings. The van der Waals surface area contributed by atoms with Crippen LogP contribution in [-0.2, 0) is 10.2 Å². The van der Waals surface area contributed by atoms with Crippen molar-refractivity contribution in [1.82, 2.24) is 5.32 Å². The molecule has 92 valence electrons. The molecule has 0 bridgehead atoms. The highest BCUT2D eigenvalue weighted by atomic mass is 35.5. The first-order valence-corrected chi connectivity index (χ1v) is 6.28. The molecular formula is C12H14Cl2N2O. The fourth-order valence-corrected chi connectivity index (χ4v) is 2.62. The van der Waals surface area contributed by atoms with Gasteiger partial charge < -0.3 is 11.1 Å². The number of carbonyl (C=O) groups excluding carboxylic acids is 1. The first-order chi connectivity index (χ1) is 8.06. The summed E-state index contributed by atoms with van der Waals surface area (Å²) in [6, 6.07) is 5.30. The third-order valence-electron chi connectivity index (χ3n) is 3.40. The largest absolute Gasteiger partial charge is 0.369 e. The van der Waals surface area contributed by atoms with E-state index in [1.54, 1.807) is 12.1 Å². The van der Waals surface area contributed by atoms with E-state index in [4.69, 9.17) is 28.9 Å². The quantitative estimate of drug-likeness (QED) is 0.867. The Morgan fingerprint density at radius 3 is 2.41 bits per heavy atom. The average molecular weight is 273 g/mol. The minimum Gasteiger partial charge on any atom is -0.369 e. The van der Waals surface area contributed by atoms with Crippen LogP contribution >= 0.6 is 23.2 Å². The number of halogens is 2. The number of hydrogen-bond donors (Lipinski definition) is 2. The Hall–Kier alpha value is -0.770. The molecule has 0 spiro atoms. The van der Waals surface area contributed by atoms with Gasteiger partial charge in [0.2, 0.25) is 5.91 Å². The Morgan fingerprint density at radius 2 is 1.88 bits per heavy atom. The molecular weight excluding hydrogens is 259 g/mol. The normalized spacial score (nSPS) is 18.9. The lowest BCUT2D eigenvalue weighted by Crippen LogP contribution is -2.48. The van der Waals surface area contributed by atoms with E-state index in [1.807, 2.05) is 6.07 Å². The van der Waals surface area contributed by atoms with E-state index in [0.29, 0.717) is 22.9 Å². The highest BCUT2D eigenvalue weighted by molar-refractivity contribution is 6.42. The second kappa shape index (κ2) is 4.84. The van der Waals surface area contributed by atoms with Crippen molar-refractivity contribution in [2.75, 3.05) is 13.1 Å². The number of primary amides is 1. The molecule has 0 aliphatic carbocycles. The van der Waals surface area contributed by atoms with Gasteiger partial charge in [0.05, 0.1) is 15.5 Å². The summed E-state index contributed by atoms with van der Waals surface area (Å²) in [6.07, 6.45) is 1.39. The van der Waals surface area contributed by atoms with Crippen LogP contribution in [0.4, 0.5) is 0 Å². The molecule has 1 saturated heterocycles. The number of benzene rings is 1. The average Bonchev–Trinajstić information content (AvgIpc) is 2.33. The maximum atomic E-state index is 11.8. The van der Waals surface area contributed by atoms with Crippen LogP contribution in [0.1, 0.15) is 18.4 Å². The predicted octanol–water partition coefficient (Wildman–Crippen LogP) is 2.10. The standard InChI is InChI=1S/C12H14Cl2N2O/c13-9-2-1-8(7-10(9)14)12(11(15)17)3-5-16-6-4-12/h1-2,7,16H,3-6H2,(H2,15,17). The van der Waals surface area contributed by atoms with Gasteiger partial charge in [-0.25, -0.2) is 0 Å². The maximum absolute atomic E-state index is 11.8. The number of rotatable bonds is 2. The Bertz CT molecular complexity index is 442. The molecule has 1 aliphatic heterocycles. The molecule has 3 N–H and O–H groups in total. The van der Waals surface area contributed by atoms with Crippen molar-refractivity contribution in [3.8, 4) is 0 Å². The summed E-state index contributed by atoms with van der Waals surface area (Å²) in [4.78, 5) is 11.8. The summed E-state index contributed by atoms with van der Waals surface area (Å²) in [6.45, 7) is 1.56. The van der Waals surface area contributed by atoms with Crippen LogP contribution in [0.2, 0.25) is 10.0 Å². The number of hydrogen-bond acceptors (Lipinski definition) is 2. The van der Waals surface area contributed by atoms with Crippen molar-refractivity contribution >= 4 is 29.1 Å². The SMILES string of the molecule is NC(=O)C1(c2ccc(Cl)c(Cl)c2)CCNCC1. The minimum absolute atomic E-state index is 0.294. The lowest BCUT2D eigenvalue weighted by atomic mass is 9.72. The zero-order valence-corrected chi connectivity index (χ0v) is 10.8. The molecule has 1 aliphatic rings. The zero-order valence-electron chi connectivity index (χ0n) is 9.30. The topological polar surface area (TPSA) is 55.1 Å². The van der Waals surface area contributed by atoms with Gasteiger partial charge in [0.15, 0.2) is 0 Å². The number of nitrogens with two attached hydrogens (primary N) is 1. The molecule has 2 rings (SSSR count). The van der Waals surface area contributed by atoms with Gasteiger partial charge in [-0.1, -0.05) is 29.3 Å². The van der Waals surface area contributed by atoms with Crippen molar-refractivity contribution < 1.29 is 4.79 Å². The highest BCUT2D eigenvalue weighted by Crippen LogP contribution is 2.36. The van der Waals surface area contributed by atoms with E-state index in [1.165, 1.54) is 0 Å². The molecule has 0 radical (unpaired) electrons. The van der Waals surface area contributed by atoms with Crippen LogP contribution in [0.3, 0.4) is 0 Å². The molecule has 1 aromatic rings. The Kier molecular flexibility index (Phi) is 3.61. The van der Waals surface area contributed by atoms with E-state index >= 15 is 0 Å². The first-order valence-electron chi connectivity index (χ1n) is 5.52. The number of carbonyl (C=O) groups is 1. The van der Waals surface area contributed by atoms with Crippen molar-refractivity contribution in [2.45, 2.75) is 18.3 Å². The highest BCUT2D eigenvalue weighted by Gasteiger charge is 2.39. The van der Waals surface area contributed by atoms with Gasteiger partial charge >= 0.3 is 0 Å². The van der Waals surface area contributed by atoms with Crippen molar-refractivity contribution in [3.63, 3.8) is 0 Å². The molecule has 1 aromatic carbocycles. The van der Waals surface area contributed by atoms with Gasteiger partial charge in [-0.3, -0.25) is 4.79 Å². The lowest BCUT2D eigenvalue weighted by molar-refractivity contribution is -0.124. The van der Waals surface area contributed by atoms with E-state index < -0.39 is 5.41 Å². The third kappa shape index (κ3) is 2.28. The molecule has 1 heterocycles. The Balaban J connectivity index is 2.45. The maximum Gasteiger partial charge on any atom is 0.228 e. The van der Waals surface area contributed by atoms with Gasteiger partial charge in [0.25, 0.3) is 0 Å². The summed E-state index contributed by atoms with van der Waals surface area (Å²) in [5, 5.41) is 4.17. The van der Waals surface area contributed by atoms with Crippen molar-refractivity contribution in [2.24, 2.45) is 5.73 Å². The fourth-order valence-electron chi connectivity index (χ4n) is 2.32. The molecule has 0 atom stereocenters. The van der Waals surface area contributed by atoms with Crippen molar-refractivity contribution in [1.29, 1.82) is 0 Å². The number of amides is 1. The van der Waals surface area contributed by atoms with Gasteiger partial charge in [-0.05, 0) is 43.6 Å². The zero-order chi connectivity index (χ0) is 12.5. The smallest absolute Gasteiger partial charge is 0.228 e. The minimum atomic E-state index is -0.612. The summed E-state index contributed by atoms with van der Waals surface area (Å²) in [5.41, 5.74) is 5.83. The van der Waals surface area contributed by atoms with Gasteiger partial charge in [-0.15, -0.1) is 0 Å². The Morgan fingerprint density at radius 1 is 1.24 bits per heavy atom. The molecule has 3 nitrogen and oxygen atoms in total. The molecule has 0 aromatic heterocycles. The van der Waals surface area contributed by atoms with Gasteiger partial charge in [-0.2, -0.15) is 0 Å². The van der Waals surface area contributed by atoms with E-state index in [2.05, 4.69) is 5.32 Å². The van der Waals surface area contributed by atoms with Crippen molar-refractivity contribution in [3.05, 3.63) is 33.8 Å². The summed E-state index contributed by atoms with van der Waals surface area (Å²) in [5.74, 6) is -0.294. The van der Waals surface area contributed by atoms with Gasteiger partial charge in [0.1, 0.15) is 0 Å². The number of nitrogens with one attached hydrogen (secondary N) is 1. The van der Waals surface area contributed by atoms with E-state index in [9.17, 15) is 4.79 Å². The molecule has 5 heteroatoms. The lowest BCUT2D eigenvalue weighted by Gasteiger charge is -2.35. The number of piperidine rings is 1. The van der Waals surface area contributed by atoms with Crippen LogP contribution < -0.4 is 11.1 Å². The summed E-state index contributed by atoms with van der Waals surface area (Å²) in [7, 11) is 0. The van der Waals surface area contributed by atoms with Crippen LogP contribution in [0, 0.1) is 0 Å². The summed E-state index contributed by atoms with van der Waals surface area (Å²) >= 11 is 11.9. The second-order valence-corrected chi connectivity index (χ2v) is 5.14. The molecule has 0 saturated carbocycles. The predicted molar refractivity (Wildman–Crippen MR) is 69.4 cm³/mol. The van der Waals surface area contributed by atoms with Crippen LogP contribution in [0.25, 0.3) is 0 Å². The Labute approximate surface area is 110 Å².